The smallest absolute Gasteiger partial charge is 0.123 e. The monoisotopic (exact) mass is 456 g/mol. The topological polar surface area (TPSA) is 26.7 Å². The maximum Gasteiger partial charge on any atom is 0.123 e. The molecule has 0 aliphatic carbocycles. The molecule has 2 aliphatic rings. The van der Waals surface area contributed by atoms with E-state index in [0.717, 1.165) is 38.2 Å². The molecule has 1 fully saturated rings. The highest BCUT2D eigenvalue weighted by molar-refractivity contribution is 5.53. The number of phenols is 1. The summed E-state index contributed by atoms with van der Waals surface area (Å²) in [5, 5.41) is 10.0. The Labute approximate surface area is 202 Å². The minimum Gasteiger partial charge on any atom is -0.508 e. The second-order valence-corrected chi connectivity index (χ2v) is 9.54. The Bertz CT molecular complexity index is 1120. The molecular formula is C30H33FN2O. The van der Waals surface area contributed by atoms with E-state index >= 15 is 0 Å². The van der Waals surface area contributed by atoms with E-state index in [1.807, 2.05) is 24.3 Å². The fourth-order valence-electron chi connectivity index (χ4n) is 5.63. The van der Waals surface area contributed by atoms with E-state index < -0.39 is 0 Å². The molecule has 5 rings (SSSR count). The number of benzene rings is 3. The van der Waals surface area contributed by atoms with Gasteiger partial charge in [0.1, 0.15) is 11.6 Å². The number of nitrogens with zero attached hydrogens (tertiary/aromatic N) is 2. The first-order valence-electron chi connectivity index (χ1n) is 12.4. The van der Waals surface area contributed by atoms with E-state index in [1.165, 1.54) is 53.6 Å². The Morgan fingerprint density at radius 2 is 1.68 bits per heavy atom. The zero-order valence-electron chi connectivity index (χ0n) is 19.7. The van der Waals surface area contributed by atoms with Crippen molar-refractivity contribution in [3.8, 4) is 5.75 Å². The molecule has 1 N–H and O–H groups in total. The lowest BCUT2D eigenvalue weighted by molar-refractivity contribution is 0.192. The summed E-state index contributed by atoms with van der Waals surface area (Å²) in [6.45, 7) is 7.22. The van der Waals surface area contributed by atoms with Crippen molar-refractivity contribution in [2.75, 3.05) is 24.5 Å². The van der Waals surface area contributed by atoms with Crippen LogP contribution in [-0.4, -0.2) is 29.6 Å². The Morgan fingerprint density at radius 3 is 2.38 bits per heavy atom. The minimum atomic E-state index is -0.219. The van der Waals surface area contributed by atoms with Crippen LogP contribution in [0.3, 0.4) is 0 Å². The van der Waals surface area contributed by atoms with Gasteiger partial charge in [-0.3, -0.25) is 4.90 Å². The molecule has 2 atom stereocenters. The molecule has 0 saturated carbocycles. The van der Waals surface area contributed by atoms with Crippen molar-refractivity contribution in [3.05, 3.63) is 107 Å². The average Bonchev–Trinajstić information content (AvgIpc) is 2.87. The highest BCUT2D eigenvalue weighted by Crippen LogP contribution is 2.37. The summed E-state index contributed by atoms with van der Waals surface area (Å²) >= 11 is 0. The third-order valence-electron chi connectivity index (χ3n) is 7.40. The van der Waals surface area contributed by atoms with Gasteiger partial charge in [0.15, 0.2) is 0 Å². The van der Waals surface area contributed by atoms with Gasteiger partial charge in [-0.05, 0) is 97.4 Å². The van der Waals surface area contributed by atoms with Crippen LogP contribution in [0, 0.1) is 5.82 Å². The lowest BCUT2D eigenvalue weighted by Gasteiger charge is -2.39. The van der Waals surface area contributed by atoms with E-state index in [-0.39, 0.29) is 17.9 Å². The van der Waals surface area contributed by atoms with Crippen LogP contribution in [0.5, 0.6) is 5.75 Å². The standard InChI is InChI=1S/C30H33FN2O/c1-2-29(32-17-4-3-5-18-32)23-8-6-22(7-9-23)20-30-28-15-14-27(34)21-24(28)16-19-33(30)26-12-10-25(31)11-13-26/h2,6-15,21,29-30,34H,1,3-5,16-20H2. The largest absolute Gasteiger partial charge is 0.508 e. The molecule has 0 bridgehead atoms. The number of phenolic OH excluding ortho intramolecular Hbond substituents is 1. The summed E-state index contributed by atoms with van der Waals surface area (Å²) in [5.41, 5.74) is 6.01. The van der Waals surface area contributed by atoms with E-state index in [9.17, 15) is 9.50 Å². The zero-order chi connectivity index (χ0) is 23.5. The van der Waals surface area contributed by atoms with Crippen molar-refractivity contribution in [3.63, 3.8) is 0 Å². The Kier molecular flexibility index (Phi) is 6.68. The summed E-state index contributed by atoms with van der Waals surface area (Å²) < 4.78 is 13.6. The van der Waals surface area contributed by atoms with Gasteiger partial charge >= 0.3 is 0 Å². The van der Waals surface area contributed by atoms with Crippen LogP contribution in [0.25, 0.3) is 0 Å². The molecule has 0 aromatic heterocycles. The van der Waals surface area contributed by atoms with E-state index in [0.29, 0.717) is 5.75 Å². The summed E-state index contributed by atoms with van der Waals surface area (Å²) in [4.78, 5) is 4.90. The van der Waals surface area contributed by atoms with E-state index in [4.69, 9.17) is 0 Å². The zero-order valence-corrected chi connectivity index (χ0v) is 19.7. The van der Waals surface area contributed by atoms with E-state index in [2.05, 4.69) is 46.7 Å². The molecule has 2 unspecified atom stereocenters. The number of anilines is 1. The molecule has 0 spiro atoms. The van der Waals surface area contributed by atoms with Crippen LogP contribution < -0.4 is 4.90 Å². The lowest BCUT2D eigenvalue weighted by Crippen LogP contribution is -2.36. The maximum atomic E-state index is 13.6. The number of likely N-dealkylation sites (tertiary alicyclic amines) is 1. The van der Waals surface area contributed by atoms with Gasteiger partial charge in [0, 0.05) is 12.2 Å². The number of aromatic hydroxyl groups is 1. The predicted molar refractivity (Wildman–Crippen MR) is 137 cm³/mol. The van der Waals surface area contributed by atoms with Crippen molar-refractivity contribution >= 4 is 5.69 Å². The molecule has 3 aromatic carbocycles. The van der Waals surface area contributed by atoms with Gasteiger partial charge in [0.2, 0.25) is 0 Å². The van der Waals surface area contributed by atoms with Crippen LogP contribution in [0.15, 0.2) is 79.4 Å². The highest BCUT2D eigenvalue weighted by atomic mass is 19.1. The molecule has 1 saturated heterocycles. The SMILES string of the molecule is C=CC(c1ccc(CC2c3ccc(O)cc3CCN2c2ccc(F)cc2)cc1)N1CCCCC1. The molecule has 4 heteroatoms. The number of fused-ring (bicyclic) bond motifs is 1. The Balaban J connectivity index is 1.42. The molecule has 2 heterocycles. The van der Waals surface area contributed by atoms with Crippen LogP contribution >= 0.6 is 0 Å². The Morgan fingerprint density at radius 1 is 0.941 bits per heavy atom. The molecule has 176 valence electrons. The van der Waals surface area contributed by atoms with Crippen LogP contribution in [0.1, 0.15) is 53.6 Å². The maximum absolute atomic E-state index is 13.6. The van der Waals surface area contributed by atoms with Gasteiger partial charge in [-0.25, -0.2) is 4.39 Å². The van der Waals surface area contributed by atoms with Gasteiger partial charge in [0.05, 0.1) is 12.1 Å². The first-order valence-corrected chi connectivity index (χ1v) is 12.4. The van der Waals surface area contributed by atoms with Crippen LogP contribution in [0.4, 0.5) is 10.1 Å². The summed E-state index contributed by atoms with van der Waals surface area (Å²) in [6.07, 6.45) is 7.62. The second kappa shape index (κ2) is 10.0. The van der Waals surface area contributed by atoms with Crippen molar-refractivity contribution in [1.82, 2.24) is 4.90 Å². The molecule has 3 nitrogen and oxygen atoms in total. The third-order valence-corrected chi connectivity index (χ3v) is 7.40. The molecule has 2 aliphatic heterocycles. The van der Waals surface area contributed by atoms with Crippen molar-refractivity contribution in [2.45, 2.75) is 44.2 Å². The first kappa shape index (κ1) is 22.7. The predicted octanol–water partition coefficient (Wildman–Crippen LogP) is 6.59. The average molecular weight is 457 g/mol. The molecule has 3 aromatic rings. The molecule has 34 heavy (non-hydrogen) atoms. The van der Waals surface area contributed by atoms with Crippen molar-refractivity contribution in [1.29, 1.82) is 0 Å². The number of piperidine rings is 1. The Hall–Kier alpha value is -3.11. The van der Waals surface area contributed by atoms with Crippen LogP contribution in [0.2, 0.25) is 0 Å². The number of halogens is 1. The molecular weight excluding hydrogens is 423 g/mol. The quantitative estimate of drug-likeness (QED) is 0.424. The molecule has 0 amide bonds. The summed E-state index contributed by atoms with van der Waals surface area (Å²) in [5.74, 6) is 0.0916. The van der Waals surface area contributed by atoms with Gasteiger partial charge in [-0.1, -0.05) is 42.8 Å². The third kappa shape index (κ3) is 4.74. The second-order valence-electron chi connectivity index (χ2n) is 9.54. The number of rotatable bonds is 6. The van der Waals surface area contributed by atoms with Crippen molar-refractivity contribution < 1.29 is 9.50 Å². The van der Waals surface area contributed by atoms with Gasteiger partial charge in [-0.15, -0.1) is 6.58 Å². The lowest BCUT2D eigenvalue weighted by atomic mass is 9.87. The van der Waals surface area contributed by atoms with Gasteiger partial charge < -0.3 is 10.0 Å². The molecule has 0 radical (unpaired) electrons. The van der Waals surface area contributed by atoms with Gasteiger partial charge in [0.25, 0.3) is 0 Å². The van der Waals surface area contributed by atoms with E-state index in [1.54, 1.807) is 6.07 Å². The van der Waals surface area contributed by atoms with Gasteiger partial charge in [-0.2, -0.15) is 0 Å². The summed E-state index contributed by atoms with van der Waals surface area (Å²) in [7, 11) is 0. The fourth-order valence-corrected chi connectivity index (χ4v) is 5.63. The first-order chi connectivity index (χ1) is 16.6. The highest BCUT2D eigenvalue weighted by Gasteiger charge is 2.28. The van der Waals surface area contributed by atoms with Crippen molar-refractivity contribution in [2.24, 2.45) is 0 Å². The minimum absolute atomic E-state index is 0.123. The normalized spacial score (nSPS) is 19.4. The number of hydrogen-bond donors (Lipinski definition) is 1. The van der Waals surface area contributed by atoms with Crippen LogP contribution in [-0.2, 0) is 12.8 Å². The number of hydrogen-bond acceptors (Lipinski definition) is 3. The fraction of sp³-hybridized carbons (Fsp3) is 0.333. The summed E-state index contributed by atoms with van der Waals surface area (Å²) in [6, 6.07) is 21.9.